The van der Waals surface area contributed by atoms with E-state index in [0.29, 0.717) is 11.1 Å². The molecule has 0 saturated heterocycles. The van der Waals surface area contributed by atoms with Gasteiger partial charge in [-0.05, 0) is 51.3 Å². The van der Waals surface area contributed by atoms with Crippen molar-refractivity contribution in [3.8, 4) is 5.75 Å². The van der Waals surface area contributed by atoms with Crippen LogP contribution in [0.15, 0.2) is 80.9 Å². The minimum atomic E-state index is -0.716. The molecule has 31 heavy (non-hydrogen) atoms. The molecule has 1 aliphatic rings. The van der Waals surface area contributed by atoms with E-state index in [9.17, 15) is 9.59 Å². The molecule has 7 nitrogen and oxygen atoms in total. The fourth-order valence-corrected chi connectivity index (χ4v) is 3.63. The zero-order chi connectivity index (χ0) is 21.8. The van der Waals surface area contributed by atoms with Gasteiger partial charge in [0.15, 0.2) is 11.3 Å². The minimum absolute atomic E-state index is 0.0151. The molecule has 0 bridgehead atoms. The van der Waals surface area contributed by atoms with Crippen molar-refractivity contribution in [2.75, 3.05) is 13.7 Å². The summed E-state index contributed by atoms with van der Waals surface area (Å²) in [5, 5.41) is 5.94. The number of amides is 1. The number of carbonyl (C=O) groups is 2. The smallest absolute Gasteiger partial charge is 0.374 e. The van der Waals surface area contributed by atoms with Crippen molar-refractivity contribution in [1.29, 1.82) is 0 Å². The Bertz CT molecular complexity index is 1110. The number of benzene rings is 2. The highest BCUT2D eigenvalue weighted by atomic mass is 79.9. The Morgan fingerprint density at radius 1 is 1.10 bits per heavy atom. The molecule has 0 spiro atoms. The molecule has 1 amide bonds. The monoisotopic (exact) mass is 482 g/mol. The highest BCUT2D eigenvalue weighted by molar-refractivity contribution is 9.10. The van der Waals surface area contributed by atoms with E-state index >= 15 is 0 Å². The number of esters is 1. The molecule has 0 saturated carbocycles. The Hall–Kier alpha value is -3.39. The van der Waals surface area contributed by atoms with Gasteiger partial charge in [0.05, 0.1) is 18.9 Å². The third-order valence-corrected chi connectivity index (χ3v) is 5.30. The van der Waals surface area contributed by atoms with Crippen LogP contribution in [0.1, 0.15) is 34.1 Å². The molecule has 1 aliphatic heterocycles. The second-order valence-electron chi connectivity index (χ2n) is 6.82. The number of ether oxygens (including phenoxy) is 2. The van der Waals surface area contributed by atoms with E-state index in [0.717, 1.165) is 22.6 Å². The summed E-state index contributed by atoms with van der Waals surface area (Å²) in [5.41, 5.74) is 2.63. The molecule has 1 aromatic heterocycles. The summed E-state index contributed by atoms with van der Waals surface area (Å²) in [4.78, 5) is 25.1. The maximum atomic E-state index is 12.9. The van der Waals surface area contributed by atoms with Crippen LogP contribution in [0.2, 0.25) is 0 Å². The molecule has 8 heteroatoms. The molecule has 158 valence electrons. The van der Waals surface area contributed by atoms with Crippen LogP contribution in [0.4, 0.5) is 0 Å². The zero-order valence-corrected chi connectivity index (χ0v) is 18.2. The standard InChI is InChI=1S/C23H19BrN2O5/c1-29-17-9-7-16(8-10-17)19-13-18(15-5-3-2-4-6-15)25-26(19)22(27)14-30-23(28)20-11-12-21(24)31-20/h2-12,19H,13-14H2,1H3. The summed E-state index contributed by atoms with van der Waals surface area (Å²) in [6.45, 7) is -0.449. The number of methoxy groups -OCH3 is 1. The lowest BCUT2D eigenvalue weighted by Gasteiger charge is -2.22. The van der Waals surface area contributed by atoms with Crippen LogP contribution >= 0.6 is 15.9 Å². The summed E-state index contributed by atoms with van der Waals surface area (Å²) in [6, 6.07) is 19.9. The van der Waals surface area contributed by atoms with Crippen LogP contribution in [0, 0.1) is 0 Å². The number of hydrogen-bond acceptors (Lipinski definition) is 6. The van der Waals surface area contributed by atoms with Gasteiger partial charge in [-0.25, -0.2) is 9.80 Å². The lowest BCUT2D eigenvalue weighted by atomic mass is 9.98. The van der Waals surface area contributed by atoms with Crippen molar-refractivity contribution >= 4 is 33.5 Å². The van der Waals surface area contributed by atoms with E-state index in [4.69, 9.17) is 13.9 Å². The SMILES string of the molecule is COc1ccc(C2CC(c3ccccc3)=NN2C(=O)COC(=O)c2ccc(Br)o2)cc1. The largest absolute Gasteiger partial charge is 0.497 e. The van der Waals surface area contributed by atoms with Gasteiger partial charge in [0.2, 0.25) is 5.76 Å². The van der Waals surface area contributed by atoms with Crippen LogP contribution in [0.25, 0.3) is 0 Å². The molecule has 0 N–H and O–H groups in total. The van der Waals surface area contributed by atoms with Crippen LogP contribution < -0.4 is 4.74 Å². The van der Waals surface area contributed by atoms with Gasteiger partial charge < -0.3 is 13.9 Å². The van der Waals surface area contributed by atoms with E-state index in [1.54, 1.807) is 13.2 Å². The number of halogens is 1. The average molecular weight is 483 g/mol. The summed E-state index contributed by atoms with van der Waals surface area (Å²) < 4.78 is 15.9. The van der Waals surface area contributed by atoms with Gasteiger partial charge in [0.25, 0.3) is 5.91 Å². The molecule has 4 rings (SSSR count). The first-order chi connectivity index (χ1) is 15.0. The second kappa shape index (κ2) is 9.18. The number of rotatable bonds is 6. The fourth-order valence-electron chi connectivity index (χ4n) is 3.32. The van der Waals surface area contributed by atoms with E-state index in [-0.39, 0.29) is 11.8 Å². The first kappa shape index (κ1) is 20.9. The van der Waals surface area contributed by atoms with Gasteiger partial charge in [0.1, 0.15) is 5.75 Å². The topological polar surface area (TPSA) is 81.3 Å². The normalized spacial score (nSPS) is 15.5. The lowest BCUT2D eigenvalue weighted by molar-refractivity contribution is -0.136. The minimum Gasteiger partial charge on any atom is -0.497 e. The van der Waals surface area contributed by atoms with Crippen molar-refractivity contribution in [1.82, 2.24) is 5.01 Å². The molecule has 1 atom stereocenters. The number of carbonyl (C=O) groups excluding carboxylic acids is 2. The molecular weight excluding hydrogens is 464 g/mol. The number of furan rings is 1. The predicted octanol–water partition coefficient (Wildman–Crippen LogP) is 4.59. The van der Waals surface area contributed by atoms with Crippen molar-refractivity contribution < 1.29 is 23.5 Å². The van der Waals surface area contributed by atoms with Crippen LogP contribution in [0.3, 0.4) is 0 Å². The molecule has 0 fully saturated rings. The van der Waals surface area contributed by atoms with E-state index in [1.165, 1.54) is 11.1 Å². The molecule has 2 aromatic carbocycles. The fraction of sp³-hybridized carbons (Fsp3) is 0.174. The Morgan fingerprint density at radius 3 is 2.48 bits per heavy atom. The third kappa shape index (κ3) is 4.69. The Balaban J connectivity index is 1.54. The Morgan fingerprint density at radius 2 is 1.84 bits per heavy atom. The van der Waals surface area contributed by atoms with Crippen LogP contribution in [0.5, 0.6) is 5.75 Å². The number of hydrazone groups is 1. The Labute approximate surface area is 187 Å². The number of nitrogens with zero attached hydrogens (tertiary/aromatic N) is 2. The summed E-state index contributed by atoms with van der Waals surface area (Å²) in [6.07, 6.45) is 0.543. The van der Waals surface area contributed by atoms with Crippen molar-refractivity contribution in [3.63, 3.8) is 0 Å². The second-order valence-corrected chi connectivity index (χ2v) is 7.61. The molecule has 1 unspecified atom stereocenters. The maximum Gasteiger partial charge on any atom is 0.374 e. The van der Waals surface area contributed by atoms with Crippen molar-refractivity contribution in [3.05, 3.63) is 88.3 Å². The lowest BCUT2D eigenvalue weighted by Crippen LogP contribution is -2.31. The summed E-state index contributed by atoms with van der Waals surface area (Å²) in [5.74, 6) is -0.402. The van der Waals surface area contributed by atoms with Gasteiger partial charge in [0, 0.05) is 6.42 Å². The third-order valence-electron chi connectivity index (χ3n) is 4.87. The molecular formula is C23H19BrN2O5. The van der Waals surface area contributed by atoms with E-state index < -0.39 is 18.5 Å². The van der Waals surface area contributed by atoms with Gasteiger partial charge in [-0.1, -0.05) is 42.5 Å². The van der Waals surface area contributed by atoms with Gasteiger partial charge in [-0.15, -0.1) is 0 Å². The van der Waals surface area contributed by atoms with Gasteiger partial charge in [-0.2, -0.15) is 5.10 Å². The molecule has 0 aliphatic carbocycles. The van der Waals surface area contributed by atoms with E-state index in [2.05, 4.69) is 21.0 Å². The quantitative estimate of drug-likeness (QED) is 0.480. The highest BCUT2D eigenvalue weighted by Crippen LogP contribution is 2.33. The maximum absolute atomic E-state index is 12.9. The first-order valence-electron chi connectivity index (χ1n) is 9.56. The number of hydrogen-bond donors (Lipinski definition) is 0. The van der Waals surface area contributed by atoms with Crippen molar-refractivity contribution in [2.45, 2.75) is 12.5 Å². The van der Waals surface area contributed by atoms with Gasteiger partial charge in [-0.3, -0.25) is 4.79 Å². The van der Waals surface area contributed by atoms with Crippen LogP contribution in [-0.2, 0) is 9.53 Å². The molecule has 0 radical (unpaired) electrons. The van der Waals surface area contributed by atoms with E-state index in [1.807, 2.05) is 54.6 Å². The Kier molecular flexibility index (Phi) is 6.18. The summed E-state index contributed by atoms with van der Waals surface area (Å²) in [7, 11) is 1.60. The van der Waals surface area contributed by atoms with Gasteiger partial charge >= 0.3 is 5.97 Å². The van der Waals surface area contributed by atoms with Crippen molar-refractivity contribution in [2.24, 2.45) is 5.10 Å². The summed E-state index contributed by atoms with van der Waals surface area (Å²) >= 11 is 3.13. The molecule has 2 heterocycles. The zero-order valence-electron chi connectivity index (χ0n) is 16.7. The predicted molar refractivity (Wildman–Crippen MR) is 117 cm³/mol. The van der Waals surface area contributed by atoms with Crippen LogP contribution in [-0.4, -0.2) is 36.3 Å². The highest BCUT2D eigenvalue weighted by Gasteiger charge is 2.33. The first-order valence-corrected chi connectivity index (χ1v) is 10.4. The molecule has 3 aromatic rings. The average Bonchev–Trinajstić information content (AvgIpc) is 3.45.